The molecule has 1 atom stereocenters. The second-order valence-electron chi connectivity index (χ2n) is 1.39. The lowest BCUT2D eigenvalue weighted by Gasteiger charge is -1.91. The Hall–Kier alpha value is 1.42. The van der Waals surface area contributed by atoms with Gasteiger partial charge in [0.25, 0.3) is 0 Å². The van der Waals surface area contributed by atoms with Gasteiger partial charge in [0.2, 0.25) is 0 Å². The molecule has 46 valence electrons. The van der Waals surface area contributed by atoms with E-state index in [1.807, 2.05) is 6.92 Å². The second kappa shape index (κ2) is 10.4. The monoisotopic (exact) mass is 327 g/mol. The Morgan fingerprint density at radius 3 is 1.71 bits per heavy atom. The first-order valence-corrected chi connectivity index (χ1v) is 8.45. The van der Waals surface area contributed by atoms with Crippen molar-refractivity contribution in [3.8, 4) is 0 Å². The van der Waals surface area contributed by atoms with Crippen LogP contribution >= 0.6 is 37.2 Å². The average molecular weight is 327 g/mol. The van der Waals surface area contributed by atoms with Gasteiger partial charge in [0.05, 0.1) is 0 Å². The van der Waals surface area contributed by atoms with E-state index in [0.717, 1.165) is 6.42 Å². The molecular formula is C4H11I2N. The van der Waals surface area contributed by atoms with Crippen LogP contribution in [0.5, 0.6) is 0 Å². The Kier molecular flexibility index (Phi) is 16.7. The summed E-state index contributed by atoms with van der Waals surface area (Å²) in [6.07, 6.45) is 1.08. The number of hydrogen-bond donors (Lipinski definition) is 1. The van der Waals surface area contributed by atoms with E-state index < -0.39 is 0 Å². The maximum atomic E-state index is 5.29. The zero-order valence-electron chi connectivity index (χ0n) is 4.62. The summed E-state index contributed by atoms with van der Waals surface area (Å²) in [6.45, 7) is 4.07. The third-order valence-corrected chi connectivity index (χ3v) is 0.644. The Morgan fingerprint density at radius 1 is 1.57 bits per heavy atom. The molecule has 1 nitrogen and oxygen atoms in total. The number of hydrogen-bond acceptors (Lipinski definition) is 1. The topological polar surface area (TPSA) is 26.0 Å². The van der Waals surface area contributed by atoms with E-state index in [1.54, 1.807) is 0 Å². The zero-order chi connectivity index (χ0) is 6.28. The summed E-state index contributed by atoms with van der Waals surface area (Å²) in [7, 11) is 0. The molecule has 3 heteroatoms. The second-order valence-corrected chi connectivity index (χ2v) is 1.39. The van der Waals surface area contributed by atoms with Gasteiger partial charge >= 0.3 is 0 Å². The third kappa shape index (κ3) is 18.6. The molecule has 0 aromatic rings. The highest BCUT2D eigenvalue weighted by Crippen LogP contribution is 1.89. The molecule has 0 bridgehead atoms. The van der Waals surface area contributed by atoms with E-state index in [2.05, 4.69) is 44.2 Å². The first-order chi connectivity index (χ1) is 3.27. The molecule has 0 heterocycles. The maximum absolute atomic E-state index is 5.29. The molecule has 2 N–H and O–H groups in total. The van der Waals surface area contributed by atoms with Gasteiger partial charge in [0.15, 0.2) is 0 Å². The highest BCUT2D eigenvalue weighted by Gasteiger charge is 1.79. The largest absolute Gasteiger partial charge is 0.328 e. The Morgan fingerprint density at radius 2 is 1.71 bits per heavy atom. The minimum absolute atomic E-state index is 0.384. The molecule has 0 fully saturated rings. The third-order valence-electron chi connectivity index (χ3n) is 0.644. The highest BCUT2D eigenvalue weighted by molar-refractivity contribution is 15.0. The molecule has 0 saturated heterocycles. The van der Waals surface area contributed by atoms with Crippen LogP contribution in [0.3, 0.4) is 0 Å². The van der Waals surface area contributed by atoms with Crippen LogP contribution in [0.1, 0.15) is 20.3 Å². The zero-order valence-corrected chi connectivity index (χ0v) is 8.93. The van der Waals surface area contributed by atoms with Gasteiger partial charge in [0.1, 0.15) is 0 Å². The van der Waals surface area contributed by atoms with Crippen molar-refractivity contribution >= 4 is 37.2 Å². The number of rotatable bonds is 1. The standard InChI is InChI=1S/C4H11N.I2/c1-3-4(2)5;1-2/h4H,3,5H2,1-2H3;. The van der Waals surface area contributed by atoms with Crippen LogP contribution < -0.4 is 5.73 Å². The van der Waals surface area contributed by atoms with Crippen LogP contribution in [0.25, 0.3) is 0 Å². The molecule has 1 unspecified atom stereocenters. The number of halogens is 2. The minimum Gasteiger partial charge on any atom is -0.328 e. The van der Waals surface area contributed by atoms with Crippen LogP contribution in [0.2, 0.25) is 0 Å². The lowest BCUT2D eigenvalue weighted by atomic mass is 10.3. The normalized spacial score (nSPS) is 11.6. The van der Waals surface area contributed by atoms with Crippen LogP contribution in [0.4, 0.5) is 0 Å². The summed E-state index contributed by atoms with van der Waals surface area (Å²) < 4.78 is 0. The molecule has 0 spiro atoms. The molecule has 0 aromatic heterocycles. The van der Waals surface area contributed by atoms with Gasteiger partial charge in [-0.3, -0.25) is 0 Å². The summed E-state index contributed by atoms with van der Waals surface area (Å²) in [5.41, 5.74) is 5.29. The summed E-state index contributed by atoms with van der Waals surface area (Å²) in [6, 6.07) is 0.384. The molecule has 0 rings (SSSR count). The van der Waals surface area contributed by atoms with Gasteiger partial charge in [-0.15, -0.1) is 0 Å². The summed E-state index contributed by atoms with van der Waals surface area (Å²) in [5.74, 6) is 0. The van der Waals surface area contributed by atoms with Crippen molar-refractivity contribution < 1.29 is 0 Å². The van der Waals surface area contributed by atoms with Crippen molar-refractivity contribution in [3.63, 3.8) is 0 Å². The van der Waals surface area contributed by atoms with Gasteiger partial charge in [-0.1, -0.05) is 6.92 Å². The van der Waals surface area contributed by atoms with E-state index in [-0.39, 0.29) is 0 Å². The van der Waals surface area contributed by atoms with E-state index in [1.165, 1.54) is 0 Å². The molecule has 0 aromatic carbocycles. The van der Waals surface area contributed by atoms with Gasteiger partial charge in [0, 0.05) is 43.3 Å². The van der Waals surface area contributed by atoms with Gasteiger partial charge < -0.3 is 5.73 Å². The first-order valence-electron chi connectivity index (χ1n) is 2.17. The van der Waals surface area contributed by atoms with Crippen LogP contribution in [-0.2, 0) is 0 Å². The molecule has 0 aliphatic heterocycles. The fourth-order valence-electron chi connectivity index (χ4n) is 0. The summed E-state index contributed by atoms with van der Waals surface area (Å²) in [4.78, 5) is 0. The minimum atomic E-state index is 0.384. The molecular weight excluding hydrogens is 316 g/mol. The fourth-order valence-corrected chi connectivity index (χ4v) is 0. The molecule has 0 amide bonds. The van der Waals surface area contributed by atoms with Crippen molar-refractivity contribution in [2.45, 2.75) is 26.3 Å². The molecule has 0 aliphatic rings. The quantitative estimate of drug-likeness (QED) is 0.736. The summed E-state index contributed by atoms with van der Waals surface area (Å²) in [5, 5.41) is 0. The van der Waals surface area contributed by atoms with E-state index >= 15 is 0 Å². The SMILES string of the molecule is CCC(C)N.II. The van der Waals surface area contributed by atoms with Crippen molar-refractivity contribution in [3.05, 3.63) is 0 Å². The average Bonchev–Trinajstić information content (AvgIpc) is 1.73. The van der Waals surface area contributed by atoms with Crippen molar-refractivity contribution in [1.82, 2.24) is 0 Å². The van der Waals surface area contributed by atoms with Gasteiger partial charge in [-0.05, 0) is 13.3 Å². The Balaban J connectivity index is 0. The van der Waals surface area contributed by atoms with Gasteiger partial charge in [-0.25, -0.2) is 0 Å². The maximum Gasteiger partial charge on any atom is 0.000781 e. The van der Waals surface area contributed by atoms with Crippen molar-refractivity contribution in [1.29, 1.82) is 0 Å². The van der Waals surface area contributed by atoms with Crippen molar-refractivity contribution in [2.24, 2.45) is 5.73 Å². The molecule has 0 aliphatic carbocycles. The van der Waals surface area contributed by atoms with E-state index in [9.17, 15) is 0 Å². The Bertz CT molecular complexity index is 23.7. The van der Waals surface area contributed by atoms with E-state index in [0.29, 0.717) is 6.04 Å². The highest BCUT2D eigenvalue weighted by atomic mass is 128. The van der Waals surface area contributed by atoms with Crippen LogP contribution in [-0.4, -0.2) is 6.04 Å². The predicted octanol–water partition coefficient (Wildman–Crippen LogP) is 2.52. The molecule has 0 saturated carbocycles. The first kappa shape index (κ1) is 11.2. The van der Waals surface area contributed by atoms with Crippen LogP contribution in [0.15, 0.2) is 0 Å². The molecule has 0 radical (unpaired) electrons. The fraction of sp³-hybridized carbons (Fsp3) is 1.00. The lowest BCUT2D eigenvalue weighted by molar-refractivity contribution is 0.715. The number of nitrogens with two attached hydrogens (primary N) is 1. The smallest absolute Gasteiger partial charge is 0.000781 e. The van der Waals surface area contributed by atoms with Crippen LogP contribution in [0, 0.1) is 0 Å². The Labute approximate surface area is 68.7 Å². The van der Waals surface area contributed by atoms with Gasteiger partial charge in [-0.2, -0.15) is 0 Å². The van der Waals surface area contributed by atoms with E-state index in [4.69, 9.17) is 5.73 Å². The van der Waals surface area contributed by atoms with Crippen molar-refractivity contribution in [2.75, 3.05) is 0 Å². The summed E-state index contributed by atoms with van der Waals surface area (Å²) >= 11 is 4.24. The predicted molar refractivity (Wildman–Crippen MR) is 52.0 cm³/mol. The lowest BCUT2D eigenvalue weighted by Crippen LogP contribution is -2.11. The molecule has 7 heavy (non-hydrogen) atoms.